The molecular weight excluding hydrogens is 926 g/mol. The number of Topliss-reactive ketones (excluding diaryl/α,β-unsaturated/α-hetero) is 1. The highest BCUT2D eigenvalue weighted by Crippen LogP contribution is 2.42. The number of cyclic esters (lactones) is 1. The number of aliphatic hydroxyl groups excluding tert-OH is 2. The second kappa shape index (κ2) is 26.2. The van der Waals surface area contributed by atoms with Crippen LogP contribution in [0.4, 0.5) is 9.18 Å². The fourth-order valence-corrected chi connectivity index (χ4v) is 10.6. The molecule has 0 radical (unpaired) electrons. The number of methoxy groups -OCH3 is 2. The highest BCUT2D eigenvalue weighted by Gasteiger charge is 2.55. The number of carbonyl (C=O) groups excluding carboxylic acids is 4. The van der Waals surface area contributed by atoms with Gasteiger partial charge in [0, 0.05) is 63.9 Å². The first-order valence-corrected chi connectivity index (χ1v) is 25.4. The molecule has 3 heterocycles. The quantitative estimate of drug-likeness (QED) is 0.0999. The Bertz CT molecular complexity index is 1880. The van der Waals surface area contributed by atoms with E-state index in [0.29, 0.717) is 45.2 Å². The van der Waals surface area contributed by atoms with Gasteiger partial charge in [0.05, 0.1) is 42.0 Å². The molecule has 0 aromatic heterocycles. The van der Waals surface area contributed by atoms with Gasteiger partial charge in [0.25, 0.3) is 0 Å². The zero-order valence-corrected chi connectivity index (χ0v) is 44.6. The lowest BCUT2D eigenvalue weighted by molar-refractivity contribution is -0.319. The Morgan fingerprint density at radius 1 is 0.859 bits per heavy atom. The molecule has 18 atom stereocenters. The summed E-state index contributed by atoms with van der Waals surface area (Å²) in [7, 11) is 6.71. The maximum absolute atomic E-state index is 14.5. The molecule has 0 saturated carbocycles. The van der Waals surface area contributed by atoms with Crippen LogP contribution in [0.15, 0.2) is 24.3 Å². The molecule has 19 heteroatoms. The highest BCUT2D eigenvalue weighted by atomic mass is 19.1. The van der Waals surface area contributed by atoms with Crippen molar-refractivity contribution in [2.45, 2.75) is 211 Å². The lowest BCUT2D eigenvalue weighted by Crippen LogP contribution is -2.62. The average Bonchev–Trinajstić information content (AvgIpc) is 3.32. The number of amides is 2. The van der Waals surface area contributed by atoms with E-state index in [9.17, 15) is 38.9 Å². The number of nitrogens with zero attached hydrogens (tertiary/aromatic N) is 1. The summed E-state index contributed by atoms with van der Waals surface area (Å²) in [6, 6.07) is 5.60. The van der Waals surface area contributed by atoms with Crippen molar-refractivity contribution >= 4 is 23.8 Å². The number of alkyl carbamates (subject to hydrolysis) is 1. The largest absolute Gasteiger partial charge is 0.459 e. The van der Waals surface area contributed by atoms with Crippen molar-refractivity contribution in [1.82, 2.24) is 15.5 Å². The van der Waals surface area contributed by atoms with Gasteiger partial charge in [0.1, 0.15) is 35.0 Å². The molecule has 18 nitrogen and oxygen atoms in total. The van der Waals surface area contributed by atoms with Crippen molar-refractivity contribution in [3.8, 4) is 0 Å². The van der Waals surface area contributed by atoms with Crippen LogP contribution in [0.5, 0.6) is 0 Å². The lowest BCUT2D eigenvalue weighted by atomic mass is 9.74. The zero-order chi connectivity index (χ0) is 53.2. The van der Waals surface area contributed by atoms with Crippen LogP contribution in [0.1, 0.15) is 126 Å². The third-order valence-corrected chi connectivity index (χ3v) is 15.2. The van der Waals surface area contributed by atoms with E-state index in [4.69, 9.17) is 37.9 Å². The summed E-state index contributed by atoms with van der Waals surface area (Å²) in [5.74, 6) is -5.28. The lowest BCUT2D eigenvalue weighted by Gasteiger charge is -2.50. The van der Waals surface area contributed by atoms with Gasteiger partial charge >= 0.3 is 12.1 Å². The van der Waals surface area contributed by atoms with Crippen molar-refractivity contribution in [3.05, 3.63) is 35.6 Å². The number of esters is 1. The number of hydrogen-bond acceptors (Lipinski definition) is 16. The van der Waals surface area contributed by atoms with Crippen LogP contribution < -0.4 is 10.6 Å². The molecule has 3 saturated heterocycles. The van der Waals surface area contributed by atoms with Crippen LogP contribution in [0.25, 0.3) is 0 Å². The van der Waals surface area contributed by atoms with Gasteiger partial charge < -0.3 is 68.7 Å². The zero-order valence-electron chi connectivity index (χ0n) is 44.6. The molecule has 1 aromatic rings. The Hall–Kier alpha value is -3.37. The molecule has 0 bridgehead atoms. The van der Waals surface area contributed by atoms with Gasteiger partial charge in [-0.1, -0.05) is 46.2 Å². The molecule has 3 aliphatic rings. The third kappa shape index (κ3) is 15.4. The van der Waals surface area contributed by atoms with Gasteiger partial charge in [-0.05, 0) is 105 Å². The van der Waals surface area contributed by atoms with Crippen LogP contribution in [0, 0.1) is 29.5 Å². The number of nitrogens with one attached hydrogen (secondary N) is 2. The van der Waals surface area contributed by atoms with Crippen LogP contribution in [-0.2, 0) is 58.8 Å². The number of aliphatic hydroxyl groups is 3. The van der Waals surface area contributed by atoms with Gasteiger partial charge in [-0.15, -0.1) is 0 Å². The summed E-state index contributed by atoms with van der Waals surface area (Å²) >= 11 is 0. The van der Waals surface area contributed by atoms with E-state index in [1.54, 1.807) is 53.7 Å². The first-order valence-electron chi connectivity index (χ1n) is 25.4. The monoisotopic (exact) mass is 1010 g/mol. The van der Waals surface area contributed by atoms with Crippen molar-refractivity contribution in [2.75, 3.05) is 34.9 Å². The molecule has 0 unspecified atom stereocenters. The first-order chi connectivity index (χ1) is 33.2. The van der Waals surface area contributed by atoms with Crippen LogP contribution >= 0.6 is 0 Å². The van der Waals surface area contributed by atoms with Crippen LogP contribution in [0.3, 0.4) is 0 Å². The van der Waals surface area contributed by atoms with E-state index in [-0.39, 0.29) is 48.9 Å². The van der Waals surface area contributed by atoms with E-state index < -0.39 is 108 Å². The molecule has 1 aromatic carbocycles. The van der Waals surface area contributed by atoms with Crippen LogP contribution in [-0.4, -0.2) is 163 Å². The second-order valence-electron chi connectivity index (χ2n) is 21.2. The number of carbonyl (C=O) groups is 4. The molecule has 5 N–H and O–H groups in total. The predicted molar refractivity (Wildman–Crippen MR) is 260 cm³/mol. The van der Waals surface area contributed by atoms with E-state index in [2.05, 4.69) is 10.6 Å². The maximum Gasteiger partial charge on any atom is 0.407 e. The Kier molecular flexibility index (Phi) is 22.2. The number of halogens is 1. The van der Waals surface area contributed by atoms with Gasteiger partial charge in [-0.2, -0.15) is 0 Å². The SMILES string of the molecule is CC[C@H]1OC(=O)[C@H](C)[C@@H](O[C@H]2C[C@@](C)(OC)[C@@H](OC(=O)NCCCCCC(=O)NCc3ccc(F)cc3)[C@H](C)O2)[C@H](C)[C@@H](O[C@@H]2O[C@H](C)C[C@H](N(C)C)[C@H]2O)[C@](C)(OC)C[C@@H](C)C(=O)[C@H](C)[C@@H](O)[C@]1(C)O. The molecule has 0 aliphatic carbocycles. The minimum atomic E-state index is -2.02. The van der Waals surface area contributed by atoms with Gasteiger partial charge in [-0.25, -0.2) is 9.18 Å². The van der Waals surface area contributed by atoms with Crippen LogP contribution in [0.2, 0.25) is 0 Å². The summed E-state index contributed by atoms with van der Waals surface area (Å²) in [5, 5.41) is 40.8. The van der Waals surface area contributed by atoms with Gasteiger partial charge in [-0.3, -0.25) is 14.4 Å². The number of ether oxygens (including phenoxy) is 8. The van der Waals surface area contributed by atoms with Gasteiger partial charge in [0.15, 0.2) is 18.7 Å². The normalized spacial score (nSPS) is 38.8. The van der Waals surface area contributed by atoms with Crippen molar-refractivity contribution in [1.29, 1.82) is 0 Å². The molecule has 2 amide bonds. The second-order valence-corrected chi connectivity index (χ2v) is 21.2. The average molecular weight is 1010 g/mol. The summed E-state index contributed by atoms with van der Waals surface area (Å²) in [6.45, 7) is 17.5. The first kappa shape index (κ1) is 60.2. The summed E-state index contributed by atoms with van der Waals surface area (Å²) in [5.41, 5.74) is -3.72. The fraction of sp³-hybridized carbons (Fsp3) is 0.808. The predicted octanol–water partition coefficient (Wildman–Crippen LogP) is 5.19. The van der Waals surface area contributed by atoms with Gasteiger partial charge in [0.2, 0.25) is 5.91 Å². The van der Waals surface area contributed by atoms with Crippen molar-refractivity contribution < 1.29 is 76.8 Å². The number of ketones is 1. The van der Waals surface area contributed by atoms with E-state index >= 15 is 0 Å². The molecule has 71 heavy (non-hydrogen) atoms. The Morgan fingerprint density at radius 3 is 2.10 bits per heavy atom. The topological polar surface area (TPSA) is 230 Å². The minimum Gasteiger partial charge on any atom is -0.459 e. The summed E-state index contributed by atoms with van der Waals surface area (Å²) in [4.78, 5) is 56.2. The molecular formula is C52H86FN3O15. The van der Waals surface area contributed by atoms with E-state index in [1.165, 1.54) is 40.2 Å². The smallest absolute Gasteiger partial charge is 0.407 e. The standard InChI is InChI=1S/C52H86FN3O15/c1-15-38-52(10,63)44(60)31(4)41(58)29(2)26-50(8,64-13)45(70-48-42(59)37(56(11)12)25-30(3)66-48)32(5)43(33(6)47(61)68-38)69-40-27-51(9,65-14)46(34(7)67-40)71-49(62)54-24-18-16-17-19-39(57)55-28-35-20-22-36(53)23-21-35/h20-23,29-34,37-38,40,42-46,48,59-60,63H,15-19,24-28H2,1-14H3,(H,54,62)(H,55,57)/t29-,30-,31+,32+,33-,34+,37+,38-,40+,42-,43+,44-,45-,46+,48+,50-,51-,52-/m1/s1. The third-order valence-electron chi connectivity index (χ3n) is 15.2. The Morgan fingerprint density at radius 2 is 1.49 bits per heavy atom. The van der Waals surface area contributed by atoms with E-state index in [1.807, 2.05) is 32.8 Å². The summed E-state index contributed by atoms with van der Waals surface area (Å²) < 4.78 is 64.1. The number of rotatable bonds is 17. The molecule has 4 rings (SSSR count). The van der Waals surface area contributed by atoms with E-state index in [0.717, 1.165) is 5.56 Å². The number of hydrogen-bond donors (Lipinski definition) is 5. The summed E-state index contributed by atoms with van der Waals surface area (Å²) in [6.07, 6.45) is -8.12. The fourth-order valence-electron chi connectivity index (χ4n) is 10.6. The molecule has 3 aliphatic heterocycles. The van der Waals surface area contributed by atoms with Crippen molar-refractivity contribution in [2.24, 2.45) is 23.7 Å². The number of unbranched alkanes of at least 4 members (excludes halogenated alkanes) is 2. The van der Waals surface area contributed by atoms with Crippen molar-refractivity contribution in [3.63, 3.8) is 0 Å². The molecule has 3 fully saturated rings. The molecule has 0 spiro atoms. The Balaban J connectivity index is 1.57. The molecule has 406 valence electrons. The maximum atomic E-state index is 14.5. The number of likely N-dealkylation sites (N-methyl/N-ethyl adjacent to an activating group) is 1. The highest BCUT2D eigenvalue weighted by molar-refractivity contribution is 5.83. The number of benzene rings is 1. The minimum absolute atomic E-state index is 0.0292. The Labute approximate surface area is 420 Å².